The first kappa shape index (κ1) is 22.5. The molecule has 1 aliphatic carbocycles. The first-order chi connectivity index (χ1) is 16.2. The number of ether oxygens (including phenoxy) is 3. The quantitative estimate of drug-likeness (QED) is 0.554. The van der Waals surface area contributed by atoms with Gasteiger partial charge in [0.25, 0.3) is 0 Å². The molecular weight excluding hydrogens is 412 g/mol. The fraction of sp³-hybridized carbons (Fsp3) is 0.571. The van der Waals surface area contributed by atoms with Gasteiger partial charge in [-0.1, -0.05) is 6.07 Å². The topological polar surface area (TPSA) is 34.2 Å². The highest BCUT2D eigenvalue weighted by Gasteiger charge is 2.28. The van der Waals surface area contributed by atoms with E-state index in [1.54, 1.807) is 14.2 Å². The molecule has 5 rings (SSSR count). The second-order valence-electron chi connectivity index (χ2n) is 9.78. The van der Waals surface area contributed by atoms with Crippen LogP contribution >= 0.6 is 0 Å². The summed E-state index contributed by atoms with van der Waals surface area (Å²) >= 11 is 0. The van der Waals surface area contributed by atoms with Gasteiger partial charge in [0, 0.05) is 32.2 Å². The van der Waals surface area contributed by atoms with Gasteiger partial charge < -0.3 is 19.1 Å². The van der Waals surface area contributed by atoms with Crippen LogP contribution in [0.25, 0.3) is 0 Å². The Morgan fingerprint density at radius 2 is 1.64 bits per heavy atom. The number of piperidine rings is 1. The summed E-state index contributed by atoms with van der Waals surface area (Å²) in [6.07, 6.45) is 8.49. The lowest BCUT2D eigenvalue weighted by Gasteiger charge is -2.41. The largest absolute Gasteiger partial charge is 0.494 e. The molecule has 2 aromatic carbocycles. The minimum Gasteiger partial charge on any atom is -0.494 e. The van der Waals surface area contributed by atoms with Crippen LogP contribution in [-0.2, 0) is 25.8 Å². The van der Waals surface area contributed by atoms with E-state index in [2.05, 4.69) is 40.1 Å². The number of nitrogens with zero attached hydrogens (tertiary/aromatic N) is 2. The molecule has 2 aromatic rings. The Kier molecular flexibility index (Phi) is 7.07. The number of hydrogen-bond donors (Lipinski definition) is 0. The average molecular weight is 451 g/mol. The van der Waals surface area contributed by atoms with Crippen molar-refractivity contribution in [1.29, 1.82) is 0 Å². The van der Waals surface area contributed by atoms with Crippen molar-refractivity contribution in [3.8, 4) is 17.2 Å². The summed E-state index contributed by atoms with van der Waals surface area (Å²) in [7, 11) is 3.44. The van der Waals surface area contributed by atoms with Crippen LogP contribution in [0.1, 0.15) is 47.9 Å². The van der Waals surface area contributed by atoms with Crippen molar-refractivity contribution in [3.05, 3.63) is 52.6 Å². The molecular formula is C28H38N2O3. The molecule has 1 fully saturated rings. The minimum absolute atomic E-state index is 0.637. The summed E-state index contributed by atoms with van der Waals surface area (Å²) in [5.41, 5.74) is 5.80. The fourth-order valence-electron chi connectivity index (χ4n) is 5.87. The summed E-state index contributed by atoms with van der Waals surface area (Å²) in [6, 6.07) is 11.7. The Morgan fingerprint density at radius 1 is 0.848 bits per heavy atom. The molecule has 0 unspecified atom stereocenters. The first-order valence-electron chi connectivity index (χ1n) is 12.7. The van der Waals surface area contributed by atoms with E-state index in [-0.39, 0.29) is 0 Å². The number of benzene rings is 2. The number of methoxy groups -OCH3 is 2. The lowest BCUT2D eigenvalue weighted by Crippen LogP contribution is -2.49. The molecule has 0 bridgehead atoms. The molecule has 3 aliphatic rings. The molecule has 2 heterocycles. The van der Waals surface area contributed by atoms with Gasteiger partial charge in [-0.15, -0.1) is 0 Å². The van der Waals surface area contributed by atoms with E-state index in [0.29, 0.717) is 6.04 Å². The summed E-state index contributed by atoms with van der Waals surface area (Å²) in [5, 5.41) is 0. The van der Waals surface area contributed by atoms with E-state index in [0.717, 1.165) is 56.3 Å². The van der Waals surface area contributed by atoms with Crippen LogP contribution in [0.3, 0.4) is 0 Å². The monoisotopic (exact) mass is 450 g/mol. The SMILES string of the molecule is COc1cc2c(cc1OC)CN([C@H]1CCCN(CCCOc3ccc4c(c3)CCC4)C1)CC2. The zero-order chi connectivity index (χ0) is 22.6. The maximum absolute atomic E-state index is 6.09. The Bertz CT molecular complexity index is 960. The predicted molar refractivity (Wildman–Crippen MR) is 132 cm³/mol. The highest BCUT2D eigenvalue weighted by molar-refractivity contribution is 5.48. The van der Waals surface area contributed by atoms with Gasteiger partial charge in [0.2, 0.25) is 0 Å². The van der Waals surface area contributed by atoms with Crippen molar-refractivity contribution >= 4 is 0 Å². The van der Waals surface area contributed by atoms with Crippen molar-refractivity contribution < 1.29 is 14.2 Å². The average Bonchev–Trinajstić information content (AvgIpc) is 3.33. The van der Waals surface area contributed by atoms with Crippen LogP contribution in [0.15, 0.2) is 30.3 Å². The normalized spacial score (nSPS) is 20.8. The van der Waals surface area contributed by atoms with Gasteiger partial charge in [0.15, 0.2) is 11.5 Å². The van der Waals surface area contributed by atoms with Crippen molar-refractivity contribution in [2.75, 3.05) is 47.0 Å². The predicted octanol–water partition coefficient (Wildman–Crippen LogP) is 4.48. The van der Waals surface area contributed by atoms with E-state index in [1.165, 1.54) is 67.4 Å². The maximum atomic E-state index is 6.09. The van der Waals surface area contributed by atoms with Gasteiger partial charge in [-0.3, -0.25) is 4.90 Å². The van der Waals surface area contributed by atoms with E-state index in [4.69, 9.17) is 14.2 Å². The van der Waals surface area contributed by atoms with Crippen molar-refractivity contribution in [2.24, 2.45) is 0 Å². The van der Waals surface area contributed by atoms with Gasteiger partial charge in [-0.25, -0.2) is 0 Å². The van der Waals surface area contributed by atoms with Crippen molar-refractivity contribution in [3.63, 3.8) is 0 Å². The smallest absolute Gasteiger partial charge is 0.161 e. The minimum atomic E-state index is 0.637. The summed E-state index contributed by atoms with van der Waals surface area (Å²) in [6.45, 7) is 6.44. The molecule has 5 heteroatoms. The highest BCUT2D eigenvalue weighted by atomic mass is 16.5. The maximum Gasteiger partial charge on any atom is 0.161 e. The molecule has 0 radical (unpaired) electrons. The molecule has 0 spiro atoms. The number of likely N-dealkylation sites (tertiary alicyclic amines) is 1. The van der Waals surface area contributed by atoms with E-state index in [1.807, 2.05) is 0 Å². The van der Waals surface area contributed by atoms with Crippen LogP contribution < -0.4 is 14.2 Å². The van der Waals surface area contributed by atoms with Gasteiger partial charge >= 0.3 is 0 Å². The molecule has 178 valence electrons. The molecule has 0 N–H and O–H groups in total. The summed E-state index contributed by atoms with van der Waals surface area (Å²) in [4.78, 5) is 5.33. The second-order valence-corrected chi connectivity index (χ2v) is 9.78. The van der Waals surface area contributed by atoms with Gasteiger partial charge in [-0.05, 0) is 98.0 Å². The van der Waals surface area contributed by atoms with E-state index in [9.17, 15) is 0 Å². The second kappa shape index (κ2) is 10.4. The molecule has 0 amide bonds. The zero-order valence-corrected chi connectivity index (χ0v) is 20.3. The Balaban J connectivity index is 1.11. The molecule has 5 nitrogen and oxygen atoms in total. The Hall–Kier alpha value is -2.24. The molecule has 1 atom stereocenters. The van der Waals surface area contributed by atoms with Crippen molar-refractivity contribution in [2.45, 2.75) is 57.5 Å². The van der Waals surface area contributed by atoms with Crippen LogP contribution in [0.2, 0.25) is 0 Å². The number of fused-ring (bicyclic) bond motifs is 2. The lowest BCUT2D eigenvalue weighted by molar-refractivity contribution is 0.0844. The molecule has 33 heavy (non-hydrogen) atoms. The zero-order valence-electron chi connectivity index (χ0n) is 20.3. The Morgan fingerprint density at radius 3 is 2.48 bits per heavy atom. The third-order valence-corrected chi connectivity index (χ3v) is 7.70. The highest BCUT2D eigenvalue weighted by Crippen LogP contribution is 2.34. The number of aryl methyl sites for hydroxylation is 2. The molecule has 0 aromatic heterocycles. The number of rotatable bonds is 8. The van der Waals surface area contributed by atoms with Crippen LogP contribution in [0, 0.1) is 0 Å². The van der Waals surface area contributed by atoms with E-state index < -0.39 is 0 Å². The van der Waals surface area contributed by atoms with Gasteiger partial charge in [0.1, 0.15) is 5.75 Å². The van der Waals surface area contributed by atoms with Crippen LogP contribution in [0.4, 0.5) is 0 Å². The third-order valence-electron chi connectivity index (χ3n) is 7.70. The number of hydrogen-bond acceptors (Lipinski definition) is 5. The summed E-state index contributed by atoms with van der Waals surface area (Å²) in [5.74, 6) is 2.73. The third kappa shape index (κ3) is 5.15. The van der Waals surface area contributed by atoms with Crippen LogP contribution in [-0.4, -0.2) is 62.8 Å². The fourth-order valence-corrected chi connectivity index (χ4v) is 5.87. The van der Waals surface area contributed by atoms with Crippen molar-refractivity contribution in [1.82, 2.24) is 9.80 Å². The Labute approximate surface area is 198 Å². The van der Waals surface area contributed by atoms with E-state index >= 15 is 0 Å². The molecule has 2 aliphatic heterocycles. The standard InChI is InChI=1S/C28H38N2O3/c1-31-27-17-23-11-14-30(19-24(23)18-28(27)32-2)25-8-4-12-29(20-25)13-5-15-33-26-10-9-21-6-3-7-22(21)16-26/h9-10,16-18,25H,3-8,11-15,19-20H2,1-2H3/t25-/m0/s1. The van der Waals surface area contributed by atoms with Gasteiger partial charge in [0.05, 0.1) is 20.8 Å². The molecule has 1 saturated heterocycles. The summed E-state index contributed by atoms with van der Waals surface area (Å²) < 4.78 is 17.1. The molecule has 0 saturated carbocycles. The lowest BCUT2D eigenvalue weighted by atomic mass is 9.95. The van der Waals surface area contributed by atoms with Gasteiger partial charge in [-0.2, -0.15) is 0 Å². The van der Waals surface area contributed by atoms with Crippen LogP contribution in [0.5, 0.6) is 17.2 Å². The first-order valence-corrected chi connectivity index (χ1v) is 12.7.